The number of nitrogens with one attached hydrogen (secondary N) is 1. The Morgan fingerprint density at radius 3 is 2.43 bits per heavy atom. The van der Waals surface area contributed by atoms with Crippen molar-refractivity contribution in [1.29, 1.82) is 0 Å². The molecule has 4 nitrogen and oxygen atoms in total. The first-order valence-electron chi connectivity index (χ1n) is 9.97. The standard InChI is InChI=1S/C23H28Cl2N2O2S/c1-4-16(2)26-23(29)17(3)27(13-18-8-6-5-7-9-18)22(28)15-30-14-19-10-11-20(24)12-21(19)25/h5-12,16-17H,4,13-15H2,1-3H3,(H,26,29)/t16-,17+/m1/s1. The van der Waals surface area contributed by atoms with Crippen molar-refractivity contribution in [3.05, 3.63) is 69.7 Å². The van der Waals surface area contributed by atoms with Crippen LogP contribution in [0.2, 0.25) is 10.0 Å². The maximum atomic E-state index is 13.0. The molecule has 0 saturated carbocycles. The summed E-state index contributed by atoms with van der Waals surface area (Å²) >= 11 is 13.6. The second kappa shape index (κ2) is 12.2. The summed E-state index contributed by atoms with van der Waals surface area (Å²) in [7, 11) is 0. The Balaban J connectivity index is 2.06. The minimum Gasteiger partial charge on any atom is -0.352 e. The predicted octanol–water partition coefficient (Wildman–Crippen LogP) is 5.56. The van der Waals surface area contributed by atoms with E-state index >= 15 is 0 Å². The molecule has 0 radical (unpaired) electrons. The first-order valence-corrected chi connectivity index (χ1v) is 11.9. The van der Waals surface area contributed by atoms with Crippen molar-refractivity contribution in [2.75, 3.05) is 5.75 Å². The summed E-state index contributed by atoms with van der Waals surface area (Å²) < 4.78 is 0. The second-order valence-electron chi connectivity index (χ2n) is 7.23. The average molecular weight is 467 g/mol. The molecule has 0 fully saturated rings. The van der Waals surface area contributed by atoms with E-state index in [4.69, 9.17) is 23.2 Å². The minimum absolute atomic E-state index is 0.0649. The Kier molecular flexibility index (Phi) is 10.0. The van der Waals surface area contributed by atoms with Gasteiger partial charge in [0.25, 0.3) is 0 Å². The Morgan fingerprint density at radius 1 is 1.10 bits per heavy atom. The summed E-state index contributed by atoms with van der Waals surface area (Å²) in [5, 5.41) is 4.15. The lowest BCUT2D eigenvalue weighted by molar-refractivity contribution is -0.138. The van der Waals surface area contributed by atoms with Crippen LogP contribution in [0.15, 0.2) is 48.5 Å². The van der Waals surface area contributed by atoms with Gasteiger partial charge >= 0.3 is 0 Å². The minimum atomic E-state index is -0.563. The quantitative estimate of drug-likeness (QED) is 0.498. The lowest BCUT2D eigenvalue weighted by Gasteiger charge is -2.29. The summed E-state index contributed by atoms with van der Waals surface area (Å²) in [4.78, 5) is 27.4. The van der Waals surface area contributed by atoms with Crippen molar-refractivity contribution in [3.8, 4) is 0 Å². The molecule has 30 heavy (non-hydrogen) atoms. The highest BCUT2D eigenvalue weighted by Gasteiger charge is 2.26. The fraction of sp³-hybridized carbons (Fsp3) is 0.391. The van der Waals surface area contributed by atoms with E-state index in [2.05, 4.69) is 5.32 Å². The predicted molar refractivity (Wildman–Crippen MR) is 127 cm³/mol. The molecule has 1 N–H and O–H groups in total. The van der Waals surface area contributed by atoms with Gasteiger partial charge in [-0.25, -0.2) is 0 Å². The van der Waals surface area contributed by atoms with Gasteiger partial charge in [-0.15, -0.1) is 11.8 Å². The van der Waals surface area contributed by atoms with Gasteiger partial charge in [-0.2, -0.15) is 0 Å². The highest BCUT2D eigenvalue weighted by molar-refractivity contribution is 7.99. The van der Waals surface area contributed by atoms with Crippen LogP contribution >= 0.6 is 35.0 Å². The maximum Gasteiger partial charge on any atom is 0.242 e. The second-order valence-corrected chi connectivity index (χ2v) is 9.06. The number of carbonyl (C=O) groups excluding carboxylic acids is 2. The third-order valence-corrected chi connectivity index (χ3v) is 6.42. The molecule has 0 heterocycles. The highest BCUT2D eigenvalue weighted by Crippen LogP contribution is 2.25. The zero-order chi connectivity index (χ0) is 22.1. The first kappa shape index (κ1) is 24.6. The Hall–Kier alpha value is -1.69. The smallest absolute Gasteiger partial charge is 0.242 e. The molecule has 0 saturated heterocycles. The molecule has 0 spiro atoms. The van der Waals surface area contributed by atoms with E-state index in [0.717, 1.165) is 17.5 Å². The molecule has 2 aromatic rings. The maximum absolute atomic E-state index is 13.0. The monoisotopic (exact) mass is 466 g/mol. The molecular weight excluding hydrogens is 439 g/mol. The molecule has 2 atom stereocenters. The van der Waals surface area contributed by atoms with Crippen LogP contribution in [0.5, 0.6) is 0 Å². The Bertz CT molecular complexity index is 848. The molecule has 2 rings (SSSR count). The Labute approximate surface area is 193 Å². The van der Waals surface area contributed by atoms with Crippen LogP contribution in [0.3, 0.4) is 0 Å². The van der Waals surface area contributed by atoms with Crippen LogP contribution in [0, 0.1) is 0 Å². The van der Waals surface area contributed by atoms with E-state index < -0.39 is 6.04 Å². The van der Waals surface area contributed by atoms with Crippen LogP contribution < -0.4 is 5.32 Å². The number of benzene rings is 2. The SMILES string of the molecule is CC[C@@H](C)NC(=O)[C@H](C)N(Cc1ccccc1)C(=O)CSCc1ccc(Cl)cc1Cl. The zero-order valence-electron chi connectivity index (χ0n) is 17.5. The molecule has 7 heteroatoms. The van der Waals surface area contributed by atoms with Crippen molar-refractivity contribution in [1.82, 2.24) is 10.2 Å². The summed E-state index contributed by atoms with van der Waals surface area (Å²) in [6.07, 6.45) is 0.836. The number of thioether (sulfide) groups is 1. The lowest BCUT2D eigenvalue weighted by atomic mass is 10.1. The van der Waals surface area contributed by atoms with E-state index in [1.807, 2.05) is 50.2 Å². The van der Waals surface area contributed by atoms with Crippen molar-refractivity contribution < 1.29 is 9.59 Å². The summed E-state index contributed by atoms with van der Waals surface area (Å²) in [5.74, 6) is 0.626. The highest BCUT2D eigenvalue weighted by atomic mass is 35.5. The summed E-state index contributed by atoms with van der Waals surface area (Å²) in [6, 6.07) is 14.6. The molecule has 2 amide bonds. The number of halogens is 2. The van der Waals surface area contributed by atoms with Gasteiger partial charge < -0.3 is 10.2 Å². The van der Waals surface area contributed by atoms with Crippen LogP contribution in [-0.4, -0.2) is 34.6 Å². The molecule has 0 bridgehead atoms. The molecule has 0 unspecified atom stereocenters. The van der Waals surface area contributed by atoms with Crippen LogP contribution in [0.1, 0.15) is 38.3 Å². The van der Waals surface area contributed by atoms with Gasteiger partial charge in [0.15, 0.2) is 0 Å². The summed E-state index contributed by atoms with van der Waals surface area (Å²) in [6.45, 7) is 6.14. The lowest BCUT2D eigenvalue weighted by Crippen LogP contribution is -2.50. The molecule has 2 aromatic carbocycles. The van der Waals surface area contributed by atoms with Gasteiger partial charge in [-0.3, -0.25) is 9.59 Å². The van der Waals surface area contributed by atoms with Gasteiger partial charge in [0, 0.05) is 28.4 Å². The number of hydrogen-bond acceptors (Lipinski definition) is 3. The van der Waals surface area contributed by atoms with E-state index in [1.165, 1.54) is 11.8 Å². The van der Waals surface area contributed by atoms with E-state index in [9.17, 15) is 9.59 Å². The Morgan fingerprint density at radius 2 is 1.80 bits per heavy atom. The third kappa shape index (κ3) is 7.53. The fourth-order valence-electron chi connectivity index (χ4n) is 2.80. The summed E-state index contributed by atoms with van der Waals surface area (Å²) in [5.41, 5.74) is 1.91. The van der Waals surface area contributed by atoms with Crippen molar-refractivity contribution in [3.63, 3.8) is 0 Å². The van der Waals surface area contributed by atoms with Gasteiger partial charge in [-0.05, 0) is 43.5 Å². The van der Waals surface area contributed by atoms with Crippen molar-refractivity contribution in [2.24, 2.45) is 0 Å². The van der Waals surface area contributed by atoms with Crippen molar-refractivity contribution >= 4 is 46.8 Å². The average Bonchev–Trinajstić information content (AvgIpc) is 2.73. The zero-order valence-corrected chi connectivity index (χ0v) is 19.9. The van der Waals surface area contributed by atoms with E-state index in [-0.39, 0.29) is 23.6 Å². The fourth-order valence-corrected chi connectivity index (χ4v) is 4.27. The molecule has 162 valence electrons. The molecule has 0 aliphatic heterocycles. The van der Waals surface area contributed by atoms with Crippen LogP contribution in [0.4, 0.5) is 0 Å². The van der Waals surface area contributed by atoms with Gasteiger partial charge in [-0.1, -0.05) is 66.5 Å². The number of nitrogens with zero attached hydrogens (tertiary/aromatic N) is 1. The number of carbonyl (C=O) groups is 2. The number of rotatable bonds is 10. The van der Waals surface area contributed by atoms with Crippen LogP contribution in [0.25, 0.3) is 0 Å². The van der Waals surface area contributed by atoms with E-state index in [1.54, 1.807) is 24.0 Å². The van der Waals surface area contributed by atoms with Gasteiger partial charge in [0.05, 0.1) is 5.75 Å². The molecule has 0 aliphatic carbocycles. The molecule has 0 aromatic heterocycles. The van der Waals surface area contributed by atoms with Crippen molar-refractivity contribution in [2.45, 2.75) is 51.6 Å². The van der Waals surface area contributed by atoms with Crippen LogP contribution in [-0.2, 0) is 21.9 Å². The normalized spacial score (nSPS) is 12.8. The molecule has 0 aliphatic rings. The first-order chi connectivity index (χ1) is 14.3. The number of amides is 2. The number of hydrogen-bond donors (Lipinski definition) is 1. The molecular formula is C23H28Cl2N2O2S. The largest absolute Gasteiger partial charge is 0.352 e. The van der Waals surface area contributed by atoms with Gasteiger partial charge in [0.2, 0.25) is 11.8 Å². The third-order valence-electron chi connectivity index (χ3n) is 4.86. The van der Waals surface area contributed by atoms with Gasteiger partial charge in [0.1, 0.15) is 6.04 Å². The van der Waals surface area contributed by atoms with E-state index in [0.29, 0.717) is 22.3 Å². The topological polar surface area (TPSA) is 49.4 Å².